The number of likely N-dealkylation sites (N-methyl/N-ethyl adjacent to an activating group) is 1. The van der Waals surface area contributed by atoms with Crippen LogP contribution in [0.2, 0.25) is 0 Å². The third kappa shape index (κ3) is 4.94. The zero-order chi connectivity index (χ0) is 13.4. The highest BCUT2D eigenvalue weighted by atomic mass is 16.2. The summed E-state index contributed by atoms with van der Waals surface area (Å²) in [5, 5.41) is 6.44. The molecule has 0 radical (unpaired) electrons. The van der Waals surface area contributed by atoms with Crippen LogP contribution in [0.25, 0.3) is 0 Å². The van der Waals surface area contributed by atoms with Crippen molar-refractivity contribution in [3.05, 3.63) is 0 Å². The van der Waals surface area contributed by atoms with Gasteiger partial charge >= 0.3 is 0 Å². The maximum atomic E-state index is 11.9. The first-order valence-electron chi connectivity index (χ1n) is 7.44. The minimum absolute atomic E-state index is 0.0149. The van der Waals surface area contributed by atoms with Crippen molar-refractivity contribution in [2.24, 2.45) is 0 Å². The Kier molecular flexibility index (Phi) is 7.28. The molecule has 0 saturated carbocycles. The van der Waals surface area contributed by atoms with Crippen LogP contribution in [0.3, 0.4) is 0 Å². The average molecular weight is 255 g/mol. The molecule has 106 valence electrons. The fraction of sp³-hybridized carbons (Fsp3) is 0.929. The van der Waals surface area contributed by atoms with E-state index in [9.17, 15) is 4.79 Å². The minimum atomic E-state index is -0.0149. The molecular formula is C14H29N3O. The molecule has 0 bridgehead atoms. The first kappa shape index (κ1) is 15.4. The predicted octanol–water partition coefficient (Wildman–Crippen LogP) is 1.37. The largest absolute Gasteiger partial charge is 0.355 e. The molecule has 0 spiro atoms. The quantitative estimate of drug-likeness (QED) is 0.688. The van der Waals surface area contributed by atoms with Crippen LogP contribution < -0.4 is 10.6 Å². The van der Waals surface area contributed by atoms with Crippen LogP contribution in [-0.2, 0) is 4.79 Å². The SMILES string of the molecule is CCCCN(CC1CCCN1)C(C)C(=O)NCC. The number of unbranched alkanes of at least 4 members (excludes halogenated alkanes) is 1. The molecule has 1 rings (SSSR count). The summed E-state index contributed by atoms with van der Waals surface area (Å²) < 4.78 is 0. The van der Waals surface area contributed by atoms with Crippen molar-refractivity contribution in [2.45, 2.75) is 58.5 Å². The van der Waals surface area contributed by atoms with Gasteiger partial charge in [-0.25, -0.2) is 0 Å². The van der Waals surface area contributed by atoms with E-state index in [4.69, 9.17) is 0 Å². The van der Waals surface area contributed by atoms with Crippen molar-refractivity contribution >= 4 is 5.91 Å². The van der Waals surface area contributed by atoms with Gasteiger partial charge in [-0.1, -0.05) is 13.3 Å². The molecule has 4 heteroatoms. The highest BCUT2D eigenvalue weighted by molar-refractivity contribution is 5.81. The predicted molar refractivity (Wildman–Crippen MR) is 75.7 cm³/mol. The molecule has 4 nitrogen and oxygen atoms in total. The summed E-state index contributed by atoms with van der Waals surface area (Å²) in [6, 6.07) is 0.553. The van der Waals surface area contributed by atoms with Gasteiger partial charge in [0.25, 0.3) is 0 Å². The molecule has 2 unspecified atom stereocenters. The fourth-order valence-corrected chi connectivity index (χ4v) is 2.49. The van der Waals surface area contributed by atoms with Gasteiger partial charge in [-0.15, -0.1) is 0 Å². The van der Waals surface area contributed by atoms with Crippen LogP contribution in [0.1, 0.15) is 46.5 Å². The van der Waals surface area contributed by atoms with E-state index in [1.54, 1.807) is 0 Å². The van der Waals surface area contributed by atoms with E-state index in [0.29, 0.717) is 12.6 Å². The number of rotatable bonds is 8. The smallest absolute Gasteiger partial charge is 0.237 e. The van der Waals surface area contributed by atoms with Gasteiger partial charge in [0, 0.05) is 19.1 Å². The summed E-state index contributed by atoms with van der Waals surface area (Å²) in [5.41, 5.74) is 0. The highest BCUT2D eigenvalue weighted by Gasteiger charge is 2.24. The molecule has 18 heavy (non-hydrogen) atoms. The minimum Gasteiger partial charge on any atom is -0.355 e. The monoisotopic (exact) mass is 255 g/mol. The fourth-order valence-electron chi connectivity index (χ4n) is 2.49. The zero-order valence-electron chi connectivity index (χ0n) is 12.2. The van der Waals surface area contributed by atoms with Gasteiger partial charge in [-0.3, -0.25) is 9.69 Å². The van der Waals surface area contributed by atoms with E-state index < -0.39 is 0 Å². The van der Waals surface area contributed by atoms with Crippen molar-refractivity contribution < 1.29 is 4.79 Å². The number of carbonyl (C=O) groups is 1. The lowest BCUT2D eigenvalue weighted by Gasteiger charge is -2.30. The molecule has 0 aromatic carbocycles. The third-order valence-corrected chi connectivity index (χ3v) is 3.69. The van der Waals surface area contributed by atoms with Crippen molar-refractivity contribution in [3.63, 3.8) is 0 Å². The molecule has 1 heterocycles. The van der Waals surface area contributed by atoms with Gasteiger partial charge in [0.05, 0.1) is 6.04 Å². The molecule has 1 aliphatic heterocycles. The lowest BCUT2D eigenvalue weighted by molar-refractivity contribution is -0.125. The Morgan fingerprint density at radius 3 is 2.83 bits per heavy atom. The van der Waals surface area contributed by atoms with Gasteiger partial charge in [0.1, 0.15) is 0 Å². The standard InChI is InChI=1S/C14H29N3O/c1-4-6-10-17(11-13-8-7-9-16-13)12(3)14(18)15-5-2/h12-13,16H,4-11H2,1-3H3,(H,15,18). The molecule has 1 amide bonds. The van der Waals surface area contributed by atoms with E-state index in [0.717, 1.165) is 26.1 Å². The maximum Gasteiger partial charge on any atom is 0.237 e. The number of hydrogen-bond acceptors (Lipinski definition) is 3. The van der Waals surface area contributed by atoms with E-state index in [-0.39, 0.29) is 11.9 Å². The number of carbonyl (C=O) groups excluding carboxylic acids is 1. The summed E-state index contributed by atoms with van der Waals surface area (Å²) in [5.74, 6) is 0.159. The molecular weight excluding hydrogens is 226 g/mol. The lowest BCUT2D eigenvalue weighted by atomic mass is 10.1. The molecule has 1 fully saturated rings. The molecule has 0 aromatic rings. The Morgan fingerprint density at radius 2 is 2.28 bits per heavy atom. The second-order valence-electron chi connectivity index (χ2n) is 5.21. The number of nitrogens with zero attached hydrogens (tertiary/aromatic N) is 1. The number of nitrogens with one attached hydrogen (secondary N) is 2. The van der Waals surface area contributed by atoms with Gasteiger partial charge in [-0.2, -0.15) is 0 Å². The number of hydrogen-bond donors (Lipinski definition) is 2. The average Bonchev–Trinajstić information content (AvgIpc) is 2.86. The van der Waals surface area contributed by atoms with E-state index in [1.807, 2.05) is 13.8 Å². The summed E-state index contributed by atoms with van der Waals surface area (Å²) in [4.78, 5) is 14.3. The Balaban J connectivity index is 2.49. The van der Waals surface area contributed by atoms with Crippen molar-refractivity contribution in [1.82, 2.24) is 15.5 Å². The second kappa shape index (κ2) is 8.48. The molecule has 1 aliphatic rings. The molecule has 2 atom stereocenters. The van der Waals surface area contributed by atoms with E-state index in [2.05, 4.69) is 22.5 Å². The summed E-state index contributed by atoms with van der Waals surface area (Å²) in [6.45, 7) is 10.1. The normalized spacial score (nSPS) is 21.2. The van der Waals surface area contributed by atoms with Gasteiger partial charge in [0.15, 0.2) is 0 Å². The summed E-state index contributed by atoms with van der Waals surface area (Å²) in [6.07, 6.45) is 4.85. The third-order valence-electron chi connectivity index (χ3n) is 3.69. The van der Waals surface area contributed by atoms with Gasteiger partial charge in [-0.05, 0) is 46.2 Å². The van der Waals surface area contributed by atoms with E-state index >= 15 is 0 Å². The van der Waals surface area contributed by atoms with Crippen LogP contribution in [0.15, 0.2) is 0 Å². The Hall–Kier alpha value is -0.610. The molecule has 0 aromatic heterocycles. The maximum absolute atomic E-state index is 11.9. The Morgan fingerprint density at radius 1 is 1.50 bits per heavy atom. The molecule has 0 aliphatic carbocycles. The topological polar surface area (TPSA) is 44.4 Å². The molecule has 1 saturated heterocycles. The summed E-state index contributed by atoms with van der Waals surface area (Å²) in [7, 11) is 0. The van der Waals surface area contributed by atoms with Crippen molar-refractivity contribution in [2.75, 3.05) is 26.2 Å². The number of amides is 1. The van der Waals surface area contributed by atoms with Crippen LogP contribution >= 0.6 is 0 Å². The lowest BCUT2D eigenvalue weighted by Crippen LogP contribution is -2.49. The summed E-state index contributed by atoms with van der Waals surface area (Å²) >= 11 is 0. The zero-order valence-corrected chi connectivity index (χ0v) is 12.2. The second-order valence-corrected chi connectivity index (χ2v) is 5.21. The van der Waals surface area contributed by atoms with Gasteiger partial charge < -0.3 is 10.6 Å². The highest BCUT2D eigenvalue weighted by Crippen LogP contribution is 2.10. The van der Waals surface area contributed by atoms with Crippen molar-refractivity contribution in [3.8, 4) is 0 Å². The first-order valence-corrected chi connectivity index (χ1v) is 7.44. The Labute approximate surface area is 111 Å². The van der Waals surface area contributed by atoms with Crippen LogP contribution in [0.5, 0.6) is 0 Å². The van der Waals surface area contributed by atoms with Crippen LogP contribution in [0, 0.1) is 0 Å². The van der Waals surface area contributed by atoms with E-state index in [1.165, 1.54) is 19.3 Å². The Bertz CT molecular complexity index is 239. The van der Waals surface area contributed by atoms with Crippen LogP contribution in [0.4, 0.5) is 0 Å². The van der Waals surface area contributed by atoms with Crippen molar-refractivity contribution in [1.29, 1.82) is 0 Å². The van der Waals surface area contributed by atoms with Gasteiger partial charge in [0.2, 0.25) is 5.91 Å². The first-order chi connectivity index (χ1) is 8.69. The molecule has 2 N–H and O–H groups in total. The van der Waals surface area contributed by atoms with Crippen LogP contribution in [-0.4, -0.2) is 49.1 Å².